The molecule has 4 unspecified atom stereocenters. The normalized spacial score (nSPS) is 32.1. The molecule has 0 bridgehead atoms. The minimum absolute atomic E-state index is 0.00538. The summed E-state index contributed by atoms with van der Waals surface area (Å²) in [5.41, 5.74) is 6.81. The molecule has 1 saturated heterocycles. The Balaban J connectivity index is 1.71. The minimum Gasteiger partial charge on any atom is -0.376 e. The van der Waals surface area contributed by atoms with Crippen molar-refractivity contribution in [2.45, 2.75) is 31.0 Å². The van der Waals surface area contributed by atoms with Crippen molar-refractivity contribution in [1.29, 1.82) is 0 Å². The first-order chi connectivity index (χ1) is 9.58. The summed E-state index contributed by atoms with van der Waals surface area (Å²) in [7, 11) is 0. The molecule has 2 fully saturated rings. The Kier molecular flexibility index (Phi) is 4.35. The molecular formula is C14H16BrIN2O2. The highest BCUT2D eigenvalue weighted by atomic mass is 127. The van der Waals surface area contributed by atoms with Gasteiger partial charge >= 0.3 is 0 Å². The number of halogens is 2. The van der Waals surface area contributed by atoms with Gasteiger partial charge in [0.2, 0.25) is 0 Å². The molecule has 1 aromatic rings. The second-order valence-corrected chi connectivity index (χ2v) is 7.44. The Morgan fingerprint density at radius 3 is 3.10 bits per heavy atom. The van der Waals surface area contributed by atoms with Crippen LogP contribution in [-0.2, 0) is 4.74 Å². The molecule has 1 aliphatic carbocycles. The van der Waals surface area contributed by atoms with Gasteiger partial charge in [-0.25, -0.2) is 0 Å². The number of carbonyl (C=O) groups excluding carboxylic acids is 1. The zero-order valence-electron chi connectivity index (χ0n) is 10.8. The standard InChI is InChI=1S/C14H16BrIN2O2/c15-10-4-3-7(16)6-9(10)14(19)18-12-11(17)8-2-1-5-20-13(8)12/h3-4,6,8,11-13H,1-2,5,17H2,(H,18,19). The molecule has 108 valence electrons. The fourth-order valence-electron chi connectivity index (χ4n) is 3.03. The van der Waals surface area contributed by atoms with Gasteiger partial charge in [-0.3, -0.25) is 4.79 Å². The predicted octanol–water partition coefficient (Wildman–Crippen LogP) is 2.29. The molecule has 1 amide bonds. The summed E-state index contributed by atoms with van der Waals surface area (Å²) in [5.74, 6) is 0.303. The molecule has 1 saturated carbocycles. The molecule has 0 spiro atoms. The van der Waals surface area contributed by atoms with Crippen LogP contribution in [0.5, 0.6) is 0 Å². The van der Waals surface area contributed by atoms with Crippen molar-refractivity contribution >= 4 is 44.4 Å². The fourth-order valence-corrected chi connectivity index (χ4v) is 3.94. The van der Waals surface area contributed by atoms with Crippen LogP contribution in [0.1, 0.15) is 23.2 Å². The number of rotatable bonds is 2. The lowest BCUT2D eigenvalue weighted by molar-refractivity contribution is -0.117. The molecule has 4 atom stereocenters. The number of nitrogens with two attached hydrogens (primary N) is 1. The summed E-state index contributed by atoms with van der Waals surface area (Å²) in [6, 6.07) is 5.64. The average Bonchev–Trinajstić information content (AvgIpc) is 2.46. The van der Waals surface area contributed by atoms with Crippen molar-refractivity contribution in [2.75, 3.05) is 6.61 Å². The van der Waals surface area contributed by atoms with Crippen LogP contribution >= 0.6 is 38.5 Å². The van der Waals surface area contributed by atoms with Crippen LogP contribution < -0.4 is 11.1 Å². The van der Waals surface area contributed by atoms with Crippen LogP contribution in [0, 0.1) is 9.49 Å². The van der Waals surface area contributed by atoms with E-state index in [1.807, 2.05) is 18.2 Å². The maximum atomic E-state index is 12.4. The van der Waals surface area contributed by atoms with E-state index in [4.69, 9.17) is 10.5 Å². The van der Waals surface area contributed by atoms with E-state index >= 15 is 0 Å². The Bertz CT molecular complexity index is 540. The average molecular weight is 451 g/mol. The SMILES string of the molecule is NC1C2CCCOC2C1NC(=O)c1cc(I)ccc1Br. The Morgan fingerprint density at radius 2 is 2.30 bits per heavy atom. The van der Waals surface area contributed by atoms with Crippen LogP contribution in [0.4, 0.5) is 0 Å². The highest BCUT2D eigenvalue weighted by Crippen LogP contribution is 2.37. The predicted molar refractivity (Wildman–Crippen MR) is 88.6 cm³/mol. The zero-order valence-corrected chi connectivity index (χ0v) is 14.6. The number of hydrogen-bond acceptors (Lipinski definition) is 3. The topological polar surface area (TPSA) is 64.3 Å². The lowest BCUT2D eigenvalue weighted by Crippen LogP contribution is -2.72. The number of carbonyl (C=O) groups is 1. The van der Waals surface area contributed by atoms with Crippen molar-refractivity contribution in [1.82, 2.24) is 5.32 Å². The van der Waals surface area contributed by atoms with Crippen molar-refractivity contribution in [3.63, 3.8) is 0 Å². The number of nitrogens with one attached hydrogen (secondary N) is 1. The first-order valence-corrected chi connectivity index (χ1v) is 8.58. The van der Waals surface area contributed by atoms with E-state index in [1.54, 1.807) is 0 Å². The summed E-state index contributed by atoms with van der Waals surface area (Å²) >= 11 is 5.61. The molecule has 0 radical (unpaired) electrons. The maximum Gasteiger partial charge on any atom is 0.252 e. The third-order valence-electron chi connectivity index (χ3n) is 4.15. The van der Waals surface area contributed by atoms with E-state index < -0.39 is 0 Å². The van der Waals surface area contributed by atoms with Crippen LogP contribution in [0.2, 0.25) is 0 Å². The van der Waals surface area contributed by atoms with Gasteiger partial charge in [0.15, 0.2) is 0 Å². The summed E-state index contributed by atoms with van der Waals surface area (Å²) in [6.07, 6.45) is 2.26. The van der Waals surface area contributed by atoms with E-state index in [0.29, 0.717) is 11.5 Å². The summed E-state index contributed by atoms with van der Waals surface area (Å²) < 4.78 is 7.57. The number of ether oxygens (including phenoxy) is 1. The zero-order chi connectivity index (χ0) is 14.3. The molecule has 1 heterocycles. The van der Waals surface area contributed by atoms with E-state index in [0.717, 1.165) is 27.5 Å². The van der Waals surface area contributed by atoms with Crippen molar-refractivity contribution in [3.8, 4) is 0 Å². The summed E-state index contributed by atoms with van der Waals surface area (Å²) in [5, 5.41) is 3.03. The van der Waals surface area contributed by atoms with E-state index in [9.17, 15) is 4.79 Å². The molecule has 4 nitrogen and oxygen atoms in total. The molecule has 2 aliphatic rings. The van der Waals surface area contributed by atoms with Gasteiger partial charge in [0.05, 0.1) is 17.7 Å². The molecular weight excluding hydrogens is 435 g/mol. The van der Waals surface area contributed by atoms with Crippen LogP contribution in [0.25, 0.3) is 0 Å². The van der Waals surface area contributed by atoms with Crippen LogP contribution in [0.15, 0.2) is 22.7 Å². The molecule has 6 heteroatoms. The number of amides is 1. The van der Waals surface area contributed by atoms with Gasteiger partial charge in [0, 0.05) is 26.6 Å². The molecule has 1 aromatic carbocycles. The molecule has 3 rings (SSSR count). The van der Waals surface area contributed by atoms with Gasteiger partial charge in [-0.15, -0.1) is 0 Å². The molecule has 0 aromatic heterocycles. The fraction of sp³-hybridized carbons (Fsp3) is 0.500. The van der Waals surface area contributed by atoms with E-state index in [2.05, 4.69) is 43.8 Å². The first-order valence-electron chi connectivity index (χ1n) is 6.71. The molecule has 1 aliphatic heterocycles. The minimum atomic E-state index is -0.0940. The van der Waals surface area contributed by atoms with Gasteiger partial charge < -0.3 is 15.8 Å². The van der Waals surface area contributed by atoms with Gasteiger partial charge in [0.1, 0.15) is 0 Å². The third-order valence-corrected chi connectivity index (χ3v) is 5.51. The van der Waals surface area contributed by atoms with Gasteiger partial charge in [0.25, 0.3) is 5.91 Å². The summed E-state index contributed by atoms with van der Waals surface area (Å²) in [6.45, 7) is 0.771. The number of fused-ring (bicyclic) bond motifs is 1. The molecule has 20 heavy (non-hydrogen) atoms. The highest BCUT2D eigenvalue weighted by molar-refractivity contribution is 14.1. The number of hydrogen-bond donors (Lipinski definition) is 2. The maximum absolute atomic E-state index is 12.4. The first kappa shape index (κ1) is 14.7. The highest BCUT2D eigenvalue weighted by Gasteiger charge is 2.51. The van der Waals surface area contributed by atoms with Crippen molar-refractivity contribution in [3.05, 3.63) is 31.8 Å². The van der Waals surface area contributed by atoms with E-state index in [-0.39, 0.29) is 24.1 Å². The van der Waals surface area contributed by atoms with Gasteiger partial charge in [-0.05, 0) is 69.6 Å². The molecule has 3 N–H and O–H groups in total. The lowest BCUT2D eigenvalue weighted by Gasteiger charge is -2.52. The summed E-state index contributed by atoms with van der Waals surface area (Å²) in [4.78, 5) is 12.4. The van der Waals surface area contributed by atoms with Crippen LogP contribution in [-0.4, -0.2) is 30.7 Å². The Labute approximate surface area is 140 Å². The van der Waals surface area contributed by atoms with Gasteiger partial charge in [-0.1, -0.05) is 0 Å². The third kappa shape index (κ3) is 2.63. The second kappa shape index (κ2) is 5.90. The van der Waals surface area contributed by atoms with Crippen molar-refractivity contribution in [2.24, 2.45) is 11.7 Å². The number of benzene rings is 1. The Morgan fingerprint density at radius 1 is 1.50 bits per heavy atom. The second-order valence-electron chi connectivity index (χ2n) is 5.34. The lowest BCUT2D eigenvalue weighted by atomic mass is 9.68. The van der Waals surface area contributed by atoms with E-state index in [1.165, 1.54) is 0 Å². The van der Waals surface area contributed by atoms with Crippen molar-refractivity contribution < 1.29 is 9.53 Å². The Hall–Kier alpha value is -0.180. The van der Waals surface area contributed by atoms with Gasteiger partial charge in [-0.2, -0.15) is 0 Å². The quantitative estimate of drug-likeness (QED) is 0.679. The smallest absolute Gasteiger partial charge is 0.252 e. The largest absolute Gasteiger partial charge is 0.376 e. The van der Waals surface area contributed by atoms with Crippen LogP contribution in [0.3, 0.4) is 0 Å². The monoisotopic (exact) mass is 450 g/mol.